The molecule has 2 amide bonds. The van der Waals surface area contributed by atoms with Crippen LogP contribution in [0.1, 0.15) is 10.4 Å². The fourth-order valence-electron chi connectivity index (χ4n) is 2.66. The Kier molecular flexibility index (Phi) is 4.35. The Hall–Kier alpha value is -3.41. The number of carbonyl (C=O) groups is 2. The van der Waals surface area contributed by atoms with Crippen LogP contribution in [-0.2, 0) is 11.8 Å². The highest BCUT2D eigenvalue weighted by Gasteiger charge is 2.11. The Labute approximate surface area is 145 Å². The highest BCUT2D eigenvalue weighted by Crippen LogP contribution is 2.28. The van der Waals surface area contributed by atoms with E-state index in [4.69, 9.17) is 0 Å². The Balaban J connectivity index is 2.13. The molecule has 0 aliphatic rings. The van der Waals surface area contributed by atoms with Crippen LogP contribution in [0.5, 0.6) is 0 Å². The van der Waals surface area contributed by atoms with E-state index >= 15 is 0 Å². The highest BCUT2D eigenvalue weighted by molar-refractivity contribution is 6.02. The SMILES string of the molecule is C=CC(=O)Nc1cc(C(=O)NC)cc(-c2ccc3cnn(C)c3c2)c1. The molecule has 0 atom stereocenters. The molecule has 25 heavy (non-hydrogen) atoms. The number of fused-ring (bicyclic) bond motifs is 1. The molecule has 2 aromatic carbocycles. The van der Waals surface area contributed by atoms with Crippen molar-refractivity contribution in [3.8, 4) is 11.1 Å². The molecular weight excluding hydrogens is 316 g/mol. The van der Waals surface area contributed by atoms with E-state index in [1.54, 1.807) is 30.1 Å². The molecule has 3 aromatic rings. The number of anilines is 1. The van der Waals surface area contributed by atoms with Crippen LogP contribution in [0, 0.1) is 0 Å². The standard InChI is InChI=1S/C19H18N4O2/c1-4-18(24)22-16-8-14(7-15(9-16)19(25)20-2)12-5-6-13-11-21-23(3)17(13)10-12/h4-11H,1H2,2-3H3,(H,20,25)(H,22,24). The van der Waals surface area contributed by atoms with Crippen LogP contribution >= 0.6 is 0 Å². The zero-order chi connectivity index (χ0) is 18.0. The molecule has 0 fully saturated rings. The van der Waals surface area contributed by atoms with Gasteiger partial charge in [-0.2, -0.15) is 5.10 Å². The van der Waals surface area contributed by atoms with E-state index < -0.39 is 0 Å². The van der Waals surface area contributed by atoms with Crippen LogP contribution in [0.25, 0.3) is 22.0 Å². The molecule has 0 bridgehead atoms. The maximum Gasteiger partial charge on any atom is 0.251 e. The number of aryl methyl sites for hydroxylation is 1. The van der Waals surface area contributed by atoms with E-state index in [0.29, 0.717) is 11.3 Å². The van der Waals surface area contributed by atoms with Gasteiger partial charge in [0.2, 0.25) is 5.91 Å². The van der Waals surface area contributed by atoms with Crippen LogP contribution in [-0.4, -0.2) is 28.6 Å². The van der Waals surface area contributed by atoms with Crippen molar-refractivity contribution in [2.45, 2.75) is 0 Å². The number of amides is 2. The number of rotatable bonds is 4. The number of hydrogen-bond acceptors (Lipinski definition) is 3. The van der Waals surface area contributed by atoms with Crippen molar-refractivity contribution < 1.29 is 9.59 Å². The lowest BCUT2D eigenvalue weighted by molar-refractivity contribution is -0.111. The fraction of sp³-hybridized carbons (Fsp3) is 0.105. The minimum absolute atomic E-state index is 0.224. The largest absolute Gasteiger partial charge is 0.355 e. The third-order valence-electron chi connectivity index (χ3n) is 3.96. The summed E-state index contributed by atoms with van der Waals surface area (Å²) in [4.78, 5) is 23.7. The molecule has 0 aliphatic heterocycles. The van der Waals surface area contributed by atoms with E-state index in [2.05, 4.69) is 22.3 Å². The van der Waals surface area contributed by atoms with Crippen molar-refractivity contribution in [2.24, 2.45) is 7.05 Å². The van der Waals surface area contributed by atoms with Gasteiger partial charge in [0.15, 0.2) is 0 Å². The molecule has 6 heteroatoms. The monoisotopic (exact) mass is 334 g/mol. The average Bonchev–Trinajstić information content (AvgIpc) is 3.01. The molecule has 0 saturated heterocycles. The smallest absolute Gasteiger partial charge is 0.251 e. The molecule has 0 saturated carbocycles. The van der Waals surface area contributed by atoms with Gasteiger partial charge >= 0.3 is 0 Å². The summed E-state index contributed by atoms with van der Waals surface area (Å²) in [5, 5.41) is 10.6. The van der Waals surface area contributed by atoms with Crippen molar-refractivity contribution in [3.63, 3.8) is 0 Å². The summed E-state index contributed by atoms with van der Waals surface area (Å²) in [5.41, 5.74) is 3.73. The second-order valence-corrected chi connectivity index (χ2v) is 5.61. The number of benzene rings is 2. The molecule has 0 unspecified atom stereocenters. The fourth-order valence-corrected chi connectivity index (χ4v) is 2.66. The predicted octanol–water partition coefficient (Wildman–Crippen LogP) is 2.72. The average molecular weight is 334 g/mol. The number of hydrogen-bond donors (Lipinski definition) is 2. The topological polar surface area (TPSA) is 76.0 Å². The second kappa shape index (κ2) is 6.60. The van der Waals surface area contributed by atoms with Crippen molar-refractivity contribution in [1.29, 1.82) is 0 Å². The van der Waals surface area contributed by atoms with Gasteiger partial charge in [0.25, 0.3) is 5.91 Å². The van der Waals surface area contributed by atoms with Gasteiger partial charge in [-0.05, 0) is 41.5 Å². The Morgan fingerprint density at radius 2 is 1.96 bits per heavy atom. The summed E-state index contributed by atoms with van der Waals surface area (Å²) in [6.45, 7) is 3.45. The summed E-state index contributed by atoms with van der Waals surface area (Å²) in [6, 6.07) is 11.2. The Morgan fingerprint density at radius 3 is 2.68 bits per heavy atom. The van der Waals surface area contributed by atoms with Crippen LogP contribution < -0.4 is 10.6 Å². The van der Waals surface area contributed by atoms with Crippen LogP contribution in [0.15, 0.2) is 55.3 Å². The molecule has 3 rings (SSSR count). The van der Waals surface area contributed by atoms with Crippen LogP contribution in [0.3, 0.4) is 0 Å². The van der Waals surface area contributed by atoms with Gasteiger partial charge in [0.05, 0.1) is 11.7 Å². The molecule has 0 aliphatic carbocycles. The summed E-state index contributed by atoms with van der Waals surface area (Å²) >= 11 is 0. The Morgan fingerprint density at radius 1 is 1.16 bits per heavy atom. The number of nitrogens with one attached hydrogen (secondary N) is 2. The molecule has 1 heterocycles. The number of nitrogens with zero attached hydrogens (tertiary/aromatic N) is 2. The third kappa shape index (κ3) is 3.28. The minimum atomic E-state index is -0.331. The molecule has 2 N–H and O–H groups in total. The zero-order valence-electron chi connectivity index (χ0n) is 14.0. The van der Waals surface area contributed by atoms with Gasteiger partial charge in [-0.25, -0.2) is 0 Å². The molecule has 6 nitrogen and oxygen atoms in total. The molecular formula is C19H18N4O2. The summed E-state index contributed by atoms with van der Waals surface area (Å²) in [5.74, 6) is -0.556. The lowest BCUT2D eigenvalue weighted by atomic mass is 10.0. The van der Waals surface area contributed by atoms with Gasteiger partial charge < -0.3 is 10.6 Å². The zero-order valence-corrected chi connectivity index (χ0v) is 14.0. The third-order valence-corrected chi connectivity index (χ3v) is 3.96. The normalized spacial score (nSPS) is 10.5. The first-order valence-electron chi connectivity index (χ1n) is 7.74. The summed E-state index contributed by atoms with van der Waals surface area (Å²) in [6.07, 6.45) is 2.99. The van der Waals surface area contributed by atoms with E-state index in [0.717, 1.165) is 22.0 Å². The minimum Gasteiger partial charge on any atom is -0.355 e. The van der Waals surface area contributed by atoms with E-state index in [1.807, 2.05) is 31.3 Å². The van der Waals surface area contributed by atoms with Crippen LogP contribution in [0.2, 0.25) is 0 Å². The van der Waals surface area contributed by atoms with E-state index in [1.165, 1.54) is 6.08 Å². The Bertz CT molecular complexity index is 988. The first-order valence-corrected chi connectivity index (χ1v) is 7.74. The highest BCUT2D eigenvalue weighted by atomic mass is 16.2. The van der Waals surface area contributed by atoms with E-state index in [-0.39, 0.29) is 11.8 Å². The van der Waals surface area contributed by atoms with Crippen molar-refractivity contribution in [3.05, 3.63) is 60.8 Å². The van der Waals surface area contributed by atoms with Crippen molar-refractivity contribution in [1.82, 2.24) is 15.1 Å². The maximum atomic E-state index is 12.1. The second-order valence-electron chi connectivity index (χ2n) is 5.61. The molecule has 0 radical (unpaired) electrons. The van der Waals surface area contributed by atoms with E-state index in [9.17, 15) is 9.59 Å². The van der Waals surface area contributed by atoms with Gasteiger partial charge in [0, 0.05) is 30.7 Å². The first kappa shape index (κ1) is 16.4. The number of aromatic nitrogens is 2. The van der Waals surface area contributed by atoms with Crippen molar-refractivity contribution >= 4 is 28.4 Å². The van der Waals surface area contributed by atoms with Gasteiger partial charge in [0.1, 0.15) is 0 Å². The first-order chi connectivity index (χ1) is 12.0. The maximum absolute atomic E-state index is 12.1. The lowest BCUT2D eigenvalue weighted by Gasteiger charge is -2.10. The quantitative estimate of drug-likeness (QED) is 0.720. The predicted molar refractivity (Wildman–Crippen MR) is 98.4 cm³/mol. The van der Waals surface area contributed by atoms with Crippen molar-refractivity contribution in [2.75, 3.05) is 12.4 Å². The van der Waals surface area contributed by atoms with Crippen LogP contribution in [0.4, 0.5) is 5.69 Å². The molecule has 0 spiro atoms. The van der Waals surface area contributed by atoms with Gasteiger partial charge in [-0.15, -0.1) is 0 Å². The van der Waals surface area contributed by atoms with Gasteiger partial charge in [-0.1, -0.05) is 18.7 Å². The number of carbonyl (C=O) groups excluding carboxylic acids is 2. The lowest BCUT2D eigenvalue weighted by Crippen LogP contribution is -2.18. The molecule has 1 aromatic heterocycles. The summed E-state index contributed by atoms with van der Waals surface area (Å²) < 4.78 is 1.79. The molecule has 126 valence electrons. The van der Waals surface area contributed by atoms with Gasteiger partial charge in [-0.3, -0.25) is 14.3 Å². The summed E-state index contributed by atoms with van der Waals surface area (Å²) in [7, 11) is 3.45.